The summed E-state index contributed by atoms with van der Waals surface area (Å²) in [5.41, 5.74) is 0.396. The van der Waals surface area contributed by atoms with Gasteiger partial charge in [-0.15, -0.1) is 0 Å². The summed E-state index contributed by atoms with van der Waals surface area (Å²) in [6.45, 7) is 6.94. The van der Waals surface area contributed by atoms with E-state index in [4.69, 9.17) is 5.11 Å². The Morgan fingerprint density at radius 2 is 1.83 bits per heavy atom. The van der Waals surface area contributed by atoms with Gasteiger partial charge in [-0.2, -0.15) is 0 Å². The Balaban J connectivity index is 3.51. The maximum absolute atomic E-state index is 13.9. The fraction of sp³-hybridized carbons (Fsp3) is 0.462. The number of halogens is 1. The molecular formula is C13H17FO4. The van der Waals surface area contributed by atoms with Crippen molar-refractivity contribution in [1.29, 1.82) is 0 Å². The lowest BCUT2D eigenvalue weighted by Crippen LogP contribution is -2.09. The van der Waals surface area contributed by atoms with E-state index in [1.165, 1.54) is 6.07 Å². The molecule has 0 aliphatic heterocycles. The van der Waals surface area contributed by atoms with Crippen LogP contribution >= 0.6 is 0 Å². The van der Waals surface area contributed by atoms with Gasteiger partial charge in [-0.1, -0.05) is 27.7 Å². The summed E-state index contributed by atoms with van der Waals surface area (Å²) in [7, 11) is 0. The van der Waals surface area contributed by atoms with Crippen LogP contribution in [0.5, 0.6) is 11.5 Å². The highest BCUT2D eigenvalue weighted by Crippen LogP contribution is 2.42. The first-order valence-corrected chi connectivity index (χ1v) is 5.71. The highest BCUT2D eigenvalue weighted by molar-refractivity contribution is 5.66. The van der Waals surface area contributed by atoms with Crippen LogP contribution in [-0.2, 0) is 0 Å². The number of hydrogen-bond donors (Lipinski definition) is 2. The normalized spacial score (nSPS) is 11.1. The van der Waals surface area contributed by atoms with Gasteiger partial charge < -0.3 is 14.9 Å². The zero-order valence-electron chi connectivity index (χ0n) is 10.8. The van der Waals surface area contributed by atoms with Gasteiger partial charge in [0.05, 0.1) is 0 Å². The van der Waals surface area contributed by atoms with Crippen molar-refractivity contribution in [3.05, 3.63) is 23.0 Å². The van der Waals surface area contributed by atoms with Gasteiger partial charge in [-0.05, 0) is 17.9 Å². The van der Waals surface area contributed by atoms with Crippen LogP contribution in [0.15, 0.2) is 6.07 Å². The molecule has 0 amide bonds. The largest absolute Gasteiger partial charge is 0.511 e. The minimum atomic E-state index is -1.53. The van der Waals surface area contributed by atoms with Gasteiger partial charge in [0.15, 0.2) is 11.5 Å². The van der Waals surface area contributed by atoms with Crippen molar-refractivity contribution in [3.8, 4) is 11.5 Å². The maximum atomic E-state index is 13.9. The Morgan fingerprint density at radius 1 is 1.28 bits per heavy atom. The molecule has 0 saturated carbocycles. The van der Waals surface area contributed by atoms with E-state index in [1.807, 2.05) is 0 Å². The SMILES string of the molecule is CC(C)c1cc(F)c(C(C)C)c(O)c1OC(=O)O. The van der Waals surface area contributed by atoms with E-state index in [9.17, 15) is 14.3 Å². The van der Waals surface area contributed by atoms with Crippen LogP contribution in [0.4, 0.5) is 9.18 Å². The average Bonchev–Trinajstić information content (AvgIpc) is 2.20. The van der Waals surface area contributed by atoms with Crippen molar-refractivity contribution in [2.45, 2.75) is 39.5 Å². The van der Waals surface area contributed by atoms with Gasteiger partial charge in [-0.25, -0.2) is 9.18 Å². The van der Waals surface area contributed by atoms with E-state index in [2.05, 4.69) is 4.74 Å². The van der Waals surface area contributed by atoms with Crippen LogP contribution < -0.4 is 4.74 Å². The molecule has 1 rings (SSSR count). The standard InChI is InChI=1S/C13H17FO4/c1-6(2)8-5-9(14)10(7(3)4)11(15)12(8)18-13(16)17/h5-7,15H,1-4H3,(H,16,17). The molecule has 0 aliphatic rings. The monoisotopic (exact) mass is 256 g/mol. The van der Waals surface area contributed by atoms with Crippen LogP contribution in [0.2, 0.25) is 0 Å². The molecule has 0 aromatic heterocycles. The average molecular weight is 256 g/mol. The van der Waals surface area contributed by atoms with Crippen molar-refractivity contribution in [1.82, 2.24) is 0 Å². The molecule has 18 heavy (non-hydrogen) atoms. The third-order valence-electron chi connectivity index (χ3n) is 2.66. The number of rotatable bonds is 3. The van der Waals surface area contributed by atoms with Crippen LogP contribution in [0.25, 0.3) is 0 Å². The highest BCUT2D eigenvalue weighted by atomic mass is 19.1. The van der Waals surface area contributed by atoms with Crippen LogP contribution in [-0.4, -0.2) is 16.4 Å². The smallest absolute Gasteiger partial charge is 0.504 e. The number of ether oxygens (including phenoxy) is 1. The van der Waals surface area contributed by atoms with Crippen molar-refractivity contribution in [2.75, 3.05) is 0 Å². The number of phenolic OH excluding ortho intramolecular Hbond substituents is 1. The predicted molar refractivity (Wildman–Crippen MR) is 64.9 cm³/mol. The number of carboxylic acid groups (broad SMARTS) is 1. The zero-order valence-corrected chi connectivity index (χ0v) is 10.8. The first-order valence-electron chi connectivity index (χ1n) is 5.71. The molecule has 2 N–H and O–H groups in total. The predicted octanol–water partition coefficient (Wildman–Crippen LogP) is 3.83. The minimum Gasteiger partial charge on any atom is -0.504 e. The Morgan fingerprint density at radius 3 is 2.22 bits per heavy atom. The van der Waals surface area contributed by atoms with E-state index in [0.29, 0.717) is 5.56 Å². The number of phenols is 1. The van der Waals surface area contributed by atoms with Crippen molar-refractivity contribution < 1.29 is 24.1 Å². The molecule has 5 heteroatoms. The first kappa shape index (κ1) is 14.3. The van der Waals surface area contributed by atoms with Crippen molar-refractivity contribution in [3.63, 3.8) is 0 Å². The second-order valence-electron chi connectivity index (χ2n) is 4.72. The fourth-order valence-electron chi connectivity index (χ4n) is 1.82. The maximum Gasteiger partial charge on any atom is 0.511 e. The molecule has 4 nitrogen and oxygen atoms in total. The summed E-state index contributed by atoms with van der Waals surface area (Å²) in [6.07, 6.45) is -1.53. The molecule has 0 saturated heterocycles. The van der Waals surface area contributed by atoms with Crippen molar-refractivity contribution in [2.24, 2.45) is 0 Å². The van der Waals surface area contributed by atoms with E-state index >= 15 is 0 Å². The summed E-state index contributed by atoms with van der Waals surface area (Å²) in [5, 5.41) is 18.7. The Labute approximate surface area is 105 Å². The lowest BCUT2D eigenvalue weighted by Gasteiger charge is -2.18. The molecule has 0 spiro atoms. The molecule has 0 radical (unpaired) electrons. The third kappa shape index (κ3) is 2.72. The topological polar surface area (TPSA) is 66.8 Å². The second-order valence-corrected chi connectivity index (χ2v) is 4.72. The molecule has 100 valence electrons. The molecule has 0 unspecified atom stereocenters. The zero-order chi connectivity index (χ0) is 14.0. The molecule has 1 aromatic carbocycles. The molecule has 0 aliphatic carbocycles. The highest BCUT2D eigenvalue weighted by Gasteiger charge is 2.24. The van der Waals surface area contributed by atoms with Crippen LogP contribution in [0.1, 0.15) is 50.7 Å². The molecule has 0 fully saturated rings. The Hall–Kier alpha value is -1.78. The summed E-state index contributed by atoms with van der Waals surface area (Å²) >= 11 is 0. The number of aromatic hydroxyl groups is 1. The molecule has 0 heterocycles. The molecule has 0 bridgehead atoms. The van der Waals surface area contributed by atoms with Gasteiger partial charge >= 0.3 is 6.16 Å². The van der Waals surface area contributed by atoms with Gasteiger partial charge in [0.1, 0.15) is 5.82 Å². The summed E-state index contributed by atoms with van der Waals surface area (Å²) in [6, 6.07) is 1.22. The van der Waals surface area contributed by atoms with Crippen LogP contribution in [0.3, 0.4) is 0 Å². The fourth-order valence-corrected chi connectivity index (χ4v) is 1.82. The van der Waals surface area contributed by atoms with Gasteiger partial charge in [0, 0.05) is 11.1 Å². The third-order valence-corrected chi connectivity index (χ3v) is 2.66. The molecular weight excluding hydrogens is 239 g/mol. The minimum absolute atomic E-state index is 0.0654. The lowest BCUT2D eigenvalue weighted by molar-refractivity contribution is 0.142. The number of benzene rings is 1. The quantitative estimate of drug-likeness (QED) is 0.637. The van der Waals surface area contributed by atoms with Gasteiger partial charge in [-0.3, -0.25) is 0 Å². The number of carbonyl (C=O) groups is 1. The summed E-state index contributed by atoms with van der Waals surface area (Å²) in [5.74, 6) is -1.61. The Kier molecular flexibility index (Phi) is 4.16. The van der Waals surface area contributed by atoms with E-state index in [1.54, 1.807) is 27.7 Å². The Bertz CT molecular complexity index is 467. The lowest BCUT2D eigenvalue weighted by atomic mass is 9.94. The van der Waals surface area contributed by atoms with E-state index in [-0.39, 0.29) is 23.1 Å². The van der Waals surface area contributed by atoms with Gasteiger partial charge in [0.2, 0.25) is 0 Å². The van der Waals surface area contributed by atoms with E-state index in [0.717, 1.165) is 0 Å². The molecule has 1 aromatic rings. The van der Waals surface area contributed by atoms with E-state index < -0.39 is 17.7 Å². The summed E-state index contributed by atoms with van der Waals surface area (Å²) < 4.78 is 18.5. The summed E-state index contributed by atoms with van der Waals surface area (Å²) in [4.78, 5) is 10.6. The molecule has 0 atom stereocenters. The second kappa shape index (κ2) is 5.25. The van der Waals surface area contributed by atoms with Crippen molar-refractivity contribution >= 4 is 6.16 Å². The first-order chi connectivity index (χ1) is 8.25. The van der Waals surface area contributed by atoms with Crippen LogP contribution in [0, 0.1) is 5.82 Å². The number of hydrogen-bond acceptors (Lipinski definition) is 3. The van der Waals surface area contributed by atoms with Gasteiger partial charge in [0.25, 0.3) is 0 Å².